The van der Waals surface area contributed by atoms with Crippen LogP contribution in [0.5, 0.6) is 0 Å². The van der Waals surface area contributed by atoms with Crippen molar-refractivity contribution in [1.29, 1.82) is 0 Å². The number of amides is 1. The highest BCUT2D eigenvalue weighted by molar-refractivity contribution is 5.94. The Bertz CT molecular complexity index is 397. The molecule has 1 unspecified atom stereocenters. The number of carboxylic acids is 1. The summed E-state index contributed by atoms with van der Waals surface area (Å²) in [6.07, 6.45) is 0. The first-order chi connectivity index (χ1) is 7.41. The summed E-state index contributed by atoms with van der Waals surface area (Å²) in [4.78, 5) is 22.1. The summed E-state index contributed by atoms with van der Waals surface area (Å²) in [7, 11) is 0. The van der Waals surface area contributed by atoms with Crippen molar-refractivity contribution < 1.29 is 19.2 Å². The van der Waals surface area contributed by atoms with E-state index in [0.717, 1.165) is 6.07 Å². The Labute approximate surface area is 92.6 Å². The minimum atomic E-state index is -1.25. The lowest BCUT2D eigenvalue weighted by Gasteiger charge is -2.16. The zero-order valence-electron chi connectivity index (χ0n) is 9.35. The van der Waals surface area contributed by atoms with Crippen LogP contribution in [0, 0.1) is 5.92 Å². The molecule has 1 heterocycles. The number of aromatic nitrogens is 1. The topological polar surface area (TPSA) is 92.4 Å². The van der Waals surface area contributed by atoms with Crippen molar-refractivity contribution in [3.63, 3.8) is 0 Å². The second kappa shape index (κ2) is 4.78. The molecule has 6 heteroatoms. The Morgan fingerprint density at radius 2 is 2.06 bits per heavy atom. The molecule has 0 aromatic carbocycles. The van der Waals surface area contributed by atoms with Crippen LogP contribution < -0.4 is 5.32 Å². The Balaban J connectivity index is 2.70. The summed E-state index contributed by atoms with van der Waals surface area (Å²) in [6.45, 7) is 5.80. The van der Waals surface area contributed by atoms with Gasteiger partial charge in [-0.15, -0.1) is 0 Å². The zero-order valence-corrected chi connectivity index (χ0v) is 9.35. The maximum atomic E-state index is 11.6. The van der Waals surface area contributed by atoms with Crippen molar-refractivity contribution in [2.75, 3.05) is 0 Å². The average molecular weight is 226 g/mol. The van der Waals surface area contributed by atoms with Crippen LogP contribution in [0.15, 0.2) is 10.6 Å². The predicted octanol–water partition coefficient (Wildman–Crippen LogP) is 1.15. The highest BCUT2D eigenvalue weighted by Gasteiger charge is 2.18. The number of carbonyl (C=O) groups excluding carboxylic acids is 1. The van der Waals surface area contributed by atoms with E-state index in [4.69, 9.17) is 5.11 Å². The average Bonchev–Trinajstić information content (AvgIpc) is 2.65. The van der Waals surface area contributed by atoms with Crippen molar-refractivity contribution in [3.8, 4) is 0 Å². The number of nitrogens with zero attached hydrogens (tertiary/aromatic N) is 1. The molecule has 0 aliphatic rings. The smallest absolute Gasteiger partial charge is 0.374 e. The van der Waals surface area contributed by atoms with Crippen LogP contribution in [0.25, 0.3) is 0 Å². The van der Waals surface area contributed by atoms with Crippen molar-refractivity contribution in [1.82, 2.24) is 10.5 Å². The number of nitrogens with one attached hydrogen (secondary N) is 1. The maximum absolute atomic E-state index is 11.6. The lowest BCUT2D eigenvalue weighted by molar-refractivity contribution is 0.0651. The summed E-state index contributed by atoms with van der Waals surface area (Å²) in [5, 5.41) is 14.7. The second-order valence-electron chi connectivity index (χ2n) is 3.89. The first-order valence-electron chi connectivity index (χ1n) is 4.92. The fourth-order valence-electron chi connectivity index (χ4n) is 0.930. The van der Waals surface area contributed by atoms with Gasteiger partial charge in [0, 0.05) is 12.1 Å². The van der Waals surface area contributed by atoms with E-state index in [9.17, 15) is 9.59 Å². The van der Waals surface area contributed by atoms with Crippen molar-refractivity contribution in [2.24, 2.45) is 5.92 Å². The molecule has 1 amide bonds. The summed E-state index contributed by atoms with van der Waals surface area (Å²) >= 11 is 0. The van der Waals surface area contributed by atoms with Gasteiger partial charge in [-0.1, -0.05) is 19.0 Å². The van der Waals surface area contributed by atoms with Gasteiger partial charge in [-0.05, 0) is 12.8 Å². The Morgan fingerprint density at radius 1 is 1.44 bits per heavy atom. The Kier molecular flexibility index (Phi) is 3.65. The minimum Gasteiger partial charge on any atom is -0.475 e. The number of hydrogen-bond donors (Lipinski definition) is 2. The van der Waals surface area contributed by atoms with Gasteiger partial charge >= 0.3 is 5.97 Å². The first-order valence-corrected chi connectivity index (χ1v) is 4.92. The van der Waals surface area contributed by atoms with E-state index < -0.39 is 11.9 Å². The zero-order chi connectivity index (χ0) is 12.3. The molecule has 0 saturated heterocycles. The van der Waals surface area contributed by atoms with Gasteiger partial charge in [0.25, 0.3) is 5.91 Å². The van der Waals surface area contributed by atoms with Crippen LogP contribution >= 0.6 is 0 Å². The molecule has 1 aromatic heterocycles. The lowest BCUT2D eigenvalue weighted by Crippen LogP contribution is -2.36. The van der Waals surface area contributed by atoms with Crippen LogP contribution in [0.3, 0.4) is 0 Å². The lowest BCUT2D eigenvalue weighted by atomic mass is 10.1. The summed E-state index contributed by atoms with van der Waals surface area (Å²) < 4.78 is 4.48. The van der Waals surface area contributed by atoms with Crippen molar-refractivity contribution in [2.45, 2.75) is 26.8 Å². The van der Waals surface area contributed by atoms with E-state index >= 15 is 0 Å². The third-order valence-corrected chi connectivity index (χ3v) is 2.31. The largest absolute Gasteiger partial charge is 0.475 e. The molecule has 6 nitrogen and oxygen atoms in total. The number of rotatable bonds is 4. The normalized spacial score (nSPS) is 12.5. The van der Waals surface area contributed by atoms with Gasteiger partial charge < -0.3 is 14.9 Å². The highest BCUT2D eigenvalue weighted by atomic mass is 16.5. The fraction of sp³-hybridized carbons (Fsp3) is 0.500. The number of aromatic carboxylic acids is 1. The molecule has 0 aliphatic carbocycles. The fourth-order valence-corrected chi connectivity index (χ4v) is 0.930. The van der Waals surface area contributed by atoms with E-state index in [1.54, 1.807) is 0 Å². The standard InChI is InChI=1S/C10H14N2O4/c1-5(2)6(3)11-9(13)7-4-8(10(14)15)16-12-7/h4-6H,1-3H3,(H,11,13)(H,14,15). The van der Waals surface area contributed by atoms with Crippen molar-refractivity contribution in [3.05, 3.63) is 17.5 Å². The van der Waals surface area contributed by atoms with E-state index in [1.807, 2.05) is 20.8 Å². The Hall–Kier alpha value is -1.85. The van der Waals surface area contributed by atoms with Gasteiger partial charge in [-0.25, -0.2) is 4.79 Å². The molecule has 0 fully saturated rings. The van der Waals surface area contributed by atoms with Gasteiger partial charge in [0.05, 0.1) is 0 Å². The minimum absolute atomic E-state index is 0.0162. The van der Waals surface area contributed by atoms with Gasteiger partial charge in [0.1, 0.15) is 0 Å². The maximum Gasteiger partial charge on any atom is 0.374 e. The van der Waals surface area contributed by atoms with Gasteiger partial charge in [-0.2, -0.15) is 0 Å². The summed E-state index contributed by atoms with van der Waals surface area (Å²) in [6, 6.07) is 1.09. The third-order valence-electron chi connectivity index (χ3n) is 2.31. The molecule has 88 valence electrons. The van der Waals surface area contributed by atoms with Gasteiger partial charge in [-0.3, -0.25) is 4.79 Å². The molecule has 1 aromatic rings. The van der Waals surface area contributed by atoms with Crippen LogP contribution in [0.1, 0.15) is 41.8 Å². The SMILES string of the molecule is CC(C)C(C)NC(=O)c1cc(C(=O)O)on1. The van der Waals surface area contributed by atoms with Crippen LogP contribution in [0.2, 0.25) is 0 Å². The van der Waals surface area contributed by atoms with E-state index in [0.29, 0.717) is 0 Å². The summed E-state index contributed by atoms with van der Waals surface area (Å²) in [5.74, 6) is -1.74. The number of carboxylic acid groups (broad SMARTS) is 1. The van der Waals surface area contributed by atoms with E-state index in [1.165, 1.54) is 0 Å². The number of hydrogen-bond acceptors (Lipinski definition) is 4. The molecule has 0 spiro atoms. The molecule has 16 heavy (non-hydrogen) atoms. The van der Waals surface area contributed by atoms with E-state index in [-0.39, 0.29) is 23.4 Å². The third kappa shape index (κ3) is 2.82. The molecular weight excluding hydrogens is 212 g/mol. The van der Waals surface area contributed by atoms with Gasteiger partial charge in [0.15, 0.2) is 5.69 Å². The molecule has 0 bridgehead atoms. The molecular formula is C10H14N2O4. The van der Waals surface area contributed by atoms with E-state index in [2.05, 4.69) is 15.0 Å². The van der Waals surface area contributed by atoms with Crippen molar-refractivity contribution >= 4 is 11.9 Å². The molecule has 1 rings (SSSR count). The van der Waals surface area contributed by atoms with Crippen LogP contribution in [-0.4, -0.2) is 28.2 Å². The quantitative estimate of drug-likeness (QED) is 0.803. The Morgan fingerprint density at radius 3 is 2.50 bits per heavy atom. The summed E-state index contributed by atoms with van der Waals surface area (Å²) in [5.41, 5.74) is -0.0232. The molecule has 0 radical (unpaired) electrons. The van der Waals surface area contributed by atoms with Crippen LogP contribution in [-0.2, 0) is 0 Å². The number of carbonyl (C=O) groups is 2. The highest BCUT2D eigenvalue weighted by Crippen LogP contribution is 2.05. The van der Waals surface area contributed by atoms with Crippen LogP contribution in [0.4, 0.5) is 0 Å². The predicted molar refractivity (Wildman–Crippen MR) is 55.2 cm³/mol. The molecule has 2 N–H and O–H groups in total. The molecule has 0 saturated carbocycles. The first kappa shape index (κ1) is 12.2. The molecule has 0 aliphatic heterocycles. The monoisotopic (exact) mass is 226 g/mol. The molecule has 1 atom stereocenters. The van der Waals surface area contributed by atoms with Gasteiger partial charge in [0.2, 0.25) is 5.76 Å². The second-order valence-corrected chi connectivity index (χ2v) is 3.89.